The number of fused-ring (bicyclic) bond motifs is 2. The molecule has 0 bridgehead atoms. The van der Waals surface area contributed by atoms with Crippen LogP contribution in [-0.2, 0) is 4.74 Å². The van der Waals surface area contributed by atoms with Crippen LogP contribution in [0.2, 0.25) is 0 Å². The van der Waals surface area contributed by atoms with E-state index in [0.29, 0.717) is 5.56 Å². The molecule has 0 atom stereocenters. The maximum atomic E-state index is 11.5. The minimum Gasteiger partial charge on any atom is -0.479 e. The molecule has 2 heterocycles. The zero-order valence-electron chi connectivity index (χ0n) is 9.46. The van der Waals surface area contributed by atoms with E-state index in [1.54, 1.807) is 13.0 Å². The van der Waals surface area contributed by atoms with Crippen molar-refractivity contribution in [2.45, 2.75) is 26.4 Å². The van der Waals surface area contributed by atoms with Gasteiger partial charge in [-0.15, -0.1) is 0 Å². The number of carbonyl (C=O) groups is 1. The molecule has 0 aromatic heterocycles. The molecule has 82 valence electrons. The molecule has 0 aliphatic carbocycles. The molecule has 1 aromatic rings. The number of ketones is 1. The Kier molecular flexibility index (Phi) is 1.58. The normalized spacial score (nSPS) is 19.2. The molecule has 0 N–H and O–H groups in total. The highest BCUT2D eigenvalue weighted by atomic mass is 16.6. The fourth-order valence-electron chi connectivity index (χ4n) is 2.10. The summed E-state index contributed by atoms with van der Waals surface area (Å²) in [5.41, 5.74) is 1.06. The largest absolute Gasteiger partial charge is 0.479 e. The number of ether oxygens (including phenoxy) is 2. The van der Waals surface area contributed by atoms with Gasteiger partial charge in [0, 0.05) is 5.56 Å². The lowest BCUT2D eigenvalue weighted by molar-refractivity contribution is 0.101. The molecule has 2 aliphatic rings. The summed E-state index contributed by atoms with van der Waals surface area (Å²) in [6, 6.07) is 5.50. The van der Waals surface area contributed by atoms with E-state index >= 15 is 0 Å². The van der Waals surface area contributed by atoms with Crippen molar-refractivity contribution >= 4 is 11.5 Å². The van der Waals surface area contributed by atoms with Crippen molar-refractivity contribution in [3.8, 4) is 5.75 Å². The van der Waals surface area contributed by atoms with Gasteiger partial charge in [-0.1, -0.05) is 12.1 Å². The number of rotatable bonds is 1. The Balaban J connectivity index is 2.23. The van der Waals surface area contributed by atoms with E-state index in [0.717, 1.165) is 22.8 Å². The zero-order valence-corrected chi connectivity index (χ0v) is 9.46. The lowest BCUT2D eigenvalue weighted by Gasteiger charge is -2.24. The second kappa shape index (κ2) is 2.67. The van der Waals surface area contributed by atoms with Crippen LogP contribution in [0, 0.1) is 0 Å². The van der Waals surface area contributed by atoms with Crippen LogP contribution in [0.1, 0.15) is 36.7 Å². The van der Waals surface area contributed by atoms with Gasteiger partial charge in [0.1, 0.15) is 5.75 Å². The predicted octanol–water partition coefficient (Wildman–Crippen LogP) is 2.76. The Bertz CT molecular complexity index is 538. The van der Waals surface area contributed by atoms with Gasteiger partial charge in [0.15, 0.2) is 22.9 Å². The summed E-state index contributed by atoms with van der Waals surface area (Å²) in [7, 11) is 0. The van der Waals surface area contributed by atoms with E-state index in [9.17, 15) is 4.79 Å². The van der Waals surface area contributed by atoms with E-state index in [2.05, 4.69) is 0 Å². The van der Waals surface area contributed by atoms with Crippen LogP contribution in [0.5, 0.6) is 5.75 Å². The van der Waals surface area contributed by atoms with Gasteiger partial charge in [-0.25, -0.2) is 0 Å². The van der Waals surface area contributed by atoms with Crippen molar-refractivity contribution in [3.05, 3.63) is 35.1 Å². The van der Waals surface area contributed by atoms with Crippen molar-refractivity contribution in [2.75, 3.05) is 0 Å². The predicted molar refractivity (Wildman–Crippen MR) is 59.2 cm³/mol. The highest BCUT2D eigenvalue weighted by Crippen LogP contribution is 2.52. The third kappa shape index (κ3) is 1.11. The highest BCUT2D eigenvalue weighted by Gasteiger charge is 2.48. The van der Waals surface area contributed by atoms with Gasteiger partial charge in [-0.3, -0.25) is 4.79 Å². The zero-order chi connectivity index (χ0) is 11.5. The van der Waals surface area contributed by atoms with Crippen LogP contribution in [0.4, 0.5) is 0 Å². The van der Waals surface area contributed by atoms with E-state index < -0.39 is 5.60 Å². The van der Waals surface area contributed by atoms with Gasteiger partial charge >= 0.3 is 0 Å². The fourth-order valence-corrected chi connectivity index (χ4v) is 2.10. The van der Waals surface area contributed by atoms with Gasteiger partial charge in [0.05, 0.1) is 5.56 Å². The summed E-state index contributed by atoms with van der Waals surface area (Å²) in [4.78, 5) is 11.5. The van der Waals surface area contributed by atoms with E-state index in [1.165, 1.54) is 0 Å². The van der Waals surface area contributed by atoms with E-state index in [4.69, 9.17) is 9.47 Å². The molecule has 3 nitrogen and oxygen atoms in total. The van der Waals surface area contributed by atoms with Crippen molar-refractivity contribution in [1.82, 2.24) is 0 Å². The monoisotopic (exact) mass is 216 g/mol. The molecule has 3 heteroatoms. The summed E-state index contributed by atoms with van der Waals surface area (Å²) < 4.78 is 11.3. The molecule has 1 aromatic carbocycles. The first-order valence-corrected chi connectivity index (χ1v) is 5.26. The second-order valence-corrected chi connectivity index (χ2v) is 4.61. The van der Waals surface area contributed by atoms with Crippen LogP contribution in [0.15, 0.2) is 24.0 Å². The van der Waals surface area contributed by atoms with Gasteiger partial charge in [-0.2, -0.15) is 0 Å². The van der Waals surface area contributed by atoms with E-state index in [1.807, 2.05) is 26.0 Å². The summed E-state index contributed by atoms with van der Waals surface area (Å²) >= 11 is 0. The summed E-state index contributed by atoms with van der Waals surface area (Å²) in [6.45, 7) is 5.47. The quantitative estimate of drug-likeness (QED) is 0.677. The summed E-state index contributed by atoms with van der Waals surface area (Å²) in [6.07, 6.45) is 0. The number of Topliss-reactive ketones (excluding diaryl/α,β-unsaturated/α-hetero) is 1. The summed E-state index contributed by atoms with van der Waals surface area (Å²) in [5.74, 6) is 2.42. The molecule has 0 amide bonds. The first-order chi connectivity index (χ1) is 7.50. The fraction of sp³-hybridized carbons (Fsp3) is 0.308. The minimum atomic E-state index is -0.419. The van der Waals surface area contributed by atoms with Crippen LogP contribution in [-0.4, -0.2) is 11.4 Å². The van der Waals surface area contributed by atoms with Crippen molar-refractivity contribution in [1.29, 1.82) is 0 Å². The third-order valence-corrected chi connectivity index (χ3v) is 2.91. The van der Waals surface area contributed by atoms with Crippen molar-refractivity contribution < 1.29 is 14.3 Å². The molecule has 0 saturated heterocycles. The maximum Gasteiger partial charge on any atom is 0.190 e. The standard InChI is InChI=1S/C13H12O3/c1-7(14)8-5-4-6-9-10(8)11-12(15-11)13(2,3)16-9/h4-6H,1-3H3. The van der Waals surface area contributed by atoms with Crippen molar-refractivity contribution in [2.24, 2.45) is 0 Å². The smallest absolute Gasteiger partial charge is 0.190 e. The molecular formula is C13H12O3. The number of carbonyl (C=O) groups excluding carboxylic acids is 1. The molecular weight excluding hydrogens is 204 g/mol. The Morgan fingerprint density at radius 3 is 2.75 bits per heavy atom. The molecule has 0 unspecified atom stereocenters. The first kappa shape index (κ1) is 9.46. The van der Waals surface area contributed by atoms with Crippen LogP contribution in [0.25, 0.3) is 5.76 Å². The molecule has 2 aliphatic heterocycles. The molecule has 0 spiro atoms. The topological polar surface area (TPSA) is 38.8 Å². The molecule has 3 rings (SSSR count). The second-order valence-electron chi connectivity index (χ2n) is 4.61. The maximum absolute atomic E-state index is 11.5. The average Bonchev–Trinajstić information content (AvgIpc) is 2.96. The van der Waals surface area contributed by atoms with Gasteiger partial charge in [-0.05, 0) is 26.8 Å². The Labute approximate surface area is 93.7 Å². The van der Waals surface area contributed by atoms with Crippen LogP contribution in [0.3, 0.4) is 0 Å². The lowest BCUT2D eigenvalue weighted by atomic mass is 9.97. The Morgan fingerprint density at radius 1 is 1.31 bits per heavy atom. The molecule has 16 heavy (non-hydrogen) atoms. The van der Waals surface area contributed by atoms with Crippen LogP contribution < -0.4 is 4.74 Å². The highest BCUT2D eigenvalue weighted by molar-refractivity contribution is 6.01. The molecule has 0 fully saturated rings. The number of benzene rings is 1. The van der Waals surface area contributed by atoms with E-state index in [-0.39, 0.29) is 5.78 Å². The minimum absolute atomic E-state index is 0.0301. The Morgan fingerprint density at radius 2 is 2.06 bits per heavy atom. The lowest BCUT2D eigenvalue weighted by Crippen LogP contribution is -2.29. The molecule has 0 saturated carbocycles. The molecule has 0 radical (unpaired) electrons. The van der Waals surface area contributed by atoms with Crippen molar-refractivity contribution in [3.63, 3.8) is 0 Å². The van der Waals surface area contributed by atoms with Gasteiger partial charge in [0.25, 0.3) is 0 Å². The number of hydrogen-bond donors (Lipinski definition) is 0. The Hall–Kier alpha value is -1.77. The van der Waals surface area contributed by atoms with Gasteiger partial charge < -0.3 is 9.47 Å². The third-order valence-electron chi connectivity index (χ3n) is 2.91. The number of hydrogen-bond acceptors (Lipinski definition) is 3. The SMILES string of the molecule is CC(=O)c1cccc2c1C1=C(O1)C(C)(C)O2. The average molecular weight is 216 g/mol. The summed E-state index contributed by atoms with van der Waals surface area (Å²) in [5, 5.41) is 0. The first-order valence-electron chi connectivity index (χ1n) is 5.26. The van der Waals surface area contributed by atoms with Gasteiger partial charge in [0.2, 0.25) is 0 Å². The van der Waals surface area contributed by atoms with Crippen LogP contribution >= 0.6 is 0 Å².